The van der Waals surface area contributed by atoms with E-state index in [1.807, 2.05) is 30.3 Å². The first kappa shape index (κ1) is 15.4. The number of halogens is 1. The predicted molar refractivity (Wildman–Crippen MR) is 88.5 cm³/mol. The number of ether oxygens (including phenoxy) is 3. The van der Waals surface area contributed by atoms with Crippen LogP contribution in [0.2, 0.25) is 5.02 Å². The molecule has 0 aliphatic carbocycles. The van der Waals surface area contributed by atoms with Gasteiger partial charge in [0.15, 0.2) is 11.5 Å². The van der Waals surface area contributed by atoms with Gasteiger partial charge in [0.1, 0.15) is 0 Å². The van der Waals surface area contributed by atoms with Gasteiger partial charge in [-0.2, -0.15) is 0 Å². The molecule has 3 rings (SSSR count). The van der Waals surface area contributed by atoms with E-state index in [1.165, 1.54) is 0 Å². The molecule has 0 saturated carbocycles. The van der Waals surface area contributed by atoms with Crippen molar-refractivity contribution in [2.24, 2.45) is 0 Å². The van der Waals surface area contributed by atoms with Crippen LogP contribution in [0.3, 0.4) is 0 Å². The number of hydrogen-bond acceptors (Lipinski definition) is 4. The zero-order chi connectivity index (χ0) is 16.2. The maximum absolute atomic E-state index is 12.3. The molecule has 0 unspecified atom stereocenters. The van der Waals surface area contributed by atoms with Crippen molar-refractivity contribution in [2.45, 2.75) is 6.92 Å². The Morgan fingerprint density at radius 2 is 1.91 bits per heavy atom. The molecule has 2 aromatic rings. The number of esters is 1. The Morgan fingerprint density at radius 3 is 2.61 bits per heavy atom. The molecular weight excluding hydrogens is 316 g/mol. The molecule has 2 aromatic carbocycles. The van der Waals surface area contributed by atoms with Crippen molar-refractivity contribution >= 4 is 29.2 Å². The average Bonchev–Trinajstić information content (AvgIpc) is 3.00. The van der Waals surface area contributed by atoms with E-state index in [0.717, 1.165) is 5.56 Å². The molecule has 0 amide bonds. The van der Waals surface area contributed by atoms with Crippen LogP contribution in [0.1, 0.15) is 18.1 Å². The molecule has 4 nitrogen and oxygen atoms in total. The van der Waals surface area contributed by atoms with Gasteiger partial charge in [-0.1, -0.05) is 41.9 Å². The van der Waals surface area contributed by atoms with Crippen LogP contribution in [0.5, 0.6) is 11.5 Å². The van der Waals surface area contributed by atoms with Gasteiger partial charge in [0.2, 0.25) is 6.79 Å². The van der Waals surface area contributed by atoms with Crippen LogP contribution in [0, 0.1) is 0 Å². The fraction of sp³-hybridized carbons (Fsp3) is 0.167. The molecule has 0 atom stereocenters. The molecule has 1 aliphatic heterocycles. The Kier molecular flexibility index (Phi) is 4.53. The number of carbonyl (C=O) groups is 1. The summed E-state index contributed by atoms with van der Waals surface area (Å²) in [6, 6.07) is 12.8. The largest absolute Gasteiger partial charge is 0.462 e. The quantitative estimate of drug-likeness (QED) is 0.479. The molecule has 0 N–H and O–H groups in total. The second-order valence-corrected chi connectivity index (χ2v) is 5.28. The summed E-state index contributed by atoms with van der Waals surface area (Å²) in [6.45, 7) is 2.24. The first-order chi connectivity index (χ1) is 11.2. The third kappa shape index (κ3) is 3.32. The summed E-state index contributed by atoms with van der Waals surface area (Å²) in [6.07, 6.45) is 1.71. The Labute approximate surface area is 139 Å². The van der Waals surface area contributed by atoms with E-state index >= 15 is 0 Å². The lowest BCUT2D eigenvalue weighted by molar-refractivity contribution is -0.136. The molecule has 0 aromatic heterocycles. The zero-order valence-corrected chi connectivity index (χ0v) is 13.3. The minimum Gasteiger partial charge on any atom is -0.462 e. The molecule has 1 heterocycles. The monoisotopic (exact) mass is 330 g/mol. The summed E-state index contributed by atoms with van der Waals surface area (Å²) >= 11 is 6.29. The second-order valence-electron chi connectivity index (χ2n) is 4.87. The fourth-order valence-corrected chi connectivity index (χ4v) is 2.49. The molecule has 5 heteroatoms. The van der Waals surface area contributed by atoms with Gasteiger partial charge in [-0.05, 0) is 30.2 Å². The van der Waals surface area contributed by atoms with Gasteiger partial charge < -0.3 is 14.2 Å². The zero-order valence-electron chi connectivity index (χ0n) is 12.5. The standard InChI is InChI=1S/C18H15ClO4/c1-2-21-18(20)14(12-6-4-3-5-7-12)8-13-9-16-17(10-15(13)19)23-11-22-16/h3-10H,2,11H2,1H3/b14-8-. The fourth-order valence-electron chi connectivity index (χ4n) is 2.29. The molecule has 0 saturated heterocycles. The van der Waals surface area contributed by atoms with Gasteiger partial charge in [-0.25, -0.2) is 4.79 Å². The van der Waals surface area contributed by atoms with E-state index in [2.05, 4.69) is 0 Å². The Bertz CT molecular complexity index is 753. The SMILES string of the molecule is CCOC(=O)/C(=C\c1cc2c(cc1Cl)OCO2)c1ccccc1. The highest BCUT2D eigenvalue weighted by Gasteiger charge is 2.18. The van der Waals surface area contributed by atoms with E-state index < -0.39 is 5.97 Å². The molecule has 0 bridgehead atoms. The summed E-state index contributed by atoms with van der Waals surface area (Å²) < 4.78 is 15.8. The van der Waals surface area contributed by atoms with Crippen molar-refractivity contribution in [2.75, 3.05) is 13.4 Å². The smallest absolute Gasteiger partial charge is 0.338 e. The highest BCUT2D eigenvalue weighted by molar-refractivity contribution is 6.33. The lowest BCUT2D eigenvalue weighted by Crippen LogP contribution is -2.06. The molecule has 1 aliphatic rings. The minimum absolute atomic E-state index is 0.169. The minimum atomic E-state index is -0.396. The van der Waals surface area contributed by atoms with Gasteiger partial charge in [-0.15, -0.1) is 0 Å². The third-order valence-corrected chi connectivity index (χ3v) is 3.70. The van der Waals surface area contributed by atoms with Crippen molar-refractivity contribution in [1.82, 2.24) is 0 Å². The molecule has 0 spiro atoms. The Balaban J connectivity index is 2.06. The average molecular weight is 331 g/mol. The van der Waals surface area contributed by atoms with Crippen molar-refractivity contribution in [1.29, 1.82) is 0 Å². The molecule has 0 radical (unpaired) electrons. The highest BCUT2D eigenvalue weighted by atomic mass is 35.5. The Hall–Kier alpha value is -2.46. The number of rotatable bonds is 4. The van der Waals surface area contributed by atoms with Crippen LogP contribution in [0.25, 0.3) is 11.6 Å². The Morgan fingerprint density at radius 1 is 1.22 bits per heavy atom. The van der Waals surface area contributed by atoms with Crippen LogP contribution in [-0.4, -0.2) is 19.4 Å². The van der Waals surface area contributed by atoms with Gasteiger partial charge in [0, 0.05) is 6.07 Å². The molecule has 118 valence electrons. The maximum Gasteiger partial charge on any atom is 0.338 e. The first-order valence-electron chi connectivity index (χ1n) is 7.22. The lowest BCUT2D eigenvalue weighted by atomic mass is 10.0. The normalized spacial score (nSPS) is 13.0. The summed E-state index contributed by atoms with van der Waals surface area (Å²) in [5.41, 5.74) is 1.87. The third-order valence-electron chi connectivity index (χ3n) is 3.37. The number of hydrogen-bond donors (Lipinski definition) is 0. The van der Waals surface area contributed by atoms with Crippen LogP contribution < -0.4 is 9.47 Å². The predicted octanol–water partition coefficient (Wildman–Crippen LogP) is 4.17. The summed E-state index contributed by atoms with van der Waals surface area (Å²) in [7, 11) is 0. The van der Waals surface area contributed by atoms with E-state index in [4.69, 9.17) is 25.8 Å². The number of carbonyl (C=O) groups excluding carboxylic acids is 1. The first-order valence-corrected chi connectivity index (χ1v) is 7.60. The van der Waals surface area contributed by atoms with Gasteiger partial charge in [0.05, 0.1) is 17.2 Å². The summed E-state index contributed by atoms with van der Waals surface area (Å²) in [5, 5.41) is 0.479. The van der Waals surface area contributed by atoms with E-state index in [-0.39, 0.29) is 6.79 Å². The van der Waals surface area contributed by atoms with Crippen LogP contribution in [0.4, 0.5) is 0 Å². The number of benzene rings is 2. The summed E-state index contributed by atoms with van der Waals surface area (Å²) in [4.78, 5) is 12.3. The van der Waals surface area contributed by atoms with Gasteiger partial charge in [-0.3, -0.25) is 0 Å². The van der Waals surface area contributed by atoms with Crippen molar-refractivity contribution in [3.8, 4) is 11.5 Å². The molecular formula is C18H15ClO4. The molecule has 0 fully saturated rings. The van der Waals surface area contributed by atoms with Crippen LogP contribution in [0.15, 0.2) is 42.5 Å². The summed E-state index contributed by atoms with van der Waals surface area (Å²) in [5.74, 6) is 0.814. The van der Waals surface area contributed by atoms with Gasteiger partial charge in [0.25, 0.3) is 0 Å². The topological polar surface area (TPSA) is 44.8 Å². The van der Waals surface area contributed by atoms with E-state index in [0.29, 0.717) is 34.3 Å². The number of fused-ring (bicyclic) bond motifs is 1. The van der Waals surface area contributed by atoms with E-state index in [1.54, 1.807) is 25.1 Å². The highest BCUT2D eigenvalue weighted by Crippen LogP contribution is 2.38. The molecule has 23 heavy (non-hydrogen) atoms. The van der Waals surface area contributed by atoms with Gasteiger partial charge >= 0.3 is 5.97 Å². The van der Waals surface area contributed by atoms with Crippen LogP contribution in [-0.2, 0) is 9.53 Å². The maximum atomic E-state index is 12.3. The van der Waals surface area contributed by atoms with Crippen molar-refractivity contribution < 1.29 is 19.0 Å². The van der Waals surface area contributed by atoms with E-state index in [9.17, 15) is 4.79 Å². The van der Waals surface area contributed by atoms with Crippen LogP contribution >= 0.6 is 11.6 Å². The van der Waals surface area contributed by atoms with Crippen molar-refractivity contribution in [3.63, 3.8) is 0 Å². The van der Waals surface area contributed by atoms with Crippen molar-refractivity contribution in [3.05, 3.63) is 58.6 Å². The second kappa shape index (κ2) is 6.75. The lowest BCUT2D eigenvalue weighted by Gasteiger charge is -2.09.